The number of nitrogens with one attached hydrogen (secondary N) is 2. The van der Waals surface area contributed by atoms with Gasteiger partial charge in [0.15, 0.2) is 0 Å². The van der Waals surface area contributed by atoms with Crippen molar-refractivity contribution >= 4 is 33.2 Å². The van der Waals surface area contributed by atoms with Crippen LogP contribution in [0.2, 0.25) is 0 Å². The quantitative estimate of drug-likeness (QED) is 0.865. The summed E-state index contributed by atoms with van der Waals surface area (Å²) in [5.74, 6) is -0.0630. The molecule has 0 unspecified atom stereocenters. The molecule has 7 heteroatoms. The van der Waals surface area contributed by atoms with E-state index in [2.05, 4.69) is 31.4 Å². The standard InChI is InChI=1S/C13H12BrN3O2S/c14-8-5-11(20-6-8)13(19)15-9-1-2-10-7(3-9)4-12(18)17-16-10/h4-6,9H,1-3H2,(H,15,19)(H,17,18)/t9-/m1/s1. The van der Waals surface area contributed by atoms with Crippen LogP contribution in [0.4, 0.5) is 0 Å². The predicted molar refractivity (Wildman–Crippen MR) is 80.2 cm³/mol. The Kier molecular flexibility index (Phi) is 3.71. The van der Waals surface area contributed by atoms with E-state index < -0.39 is 0 Å². The van der Waals surface area contributed by atoms with Gasteiger partial charge in [-0.25, -0.2) is 5.10 Å². The van der Waals surface area contributed by atoms with E-state index in [0.29, 0.717) is 11.3 Å². The van der Waals surface area contributed by atoms with Crippen LogP contribution in [0.25, 0.3) is 0 Å². The second-order valence-electron chi connectivity index (χ2n) is 4.75. The largest absolute Gasteiger partial charge is 0.348 e. The number of hydrogen-bond donors (Lipinski definition) is 2. The van der Waals surface area contributed by atoms with Crippen molar-refractivity contribution in [1.82, 2.24) is 15.5 Å². The van der Waals surface area contributed by atoms with Gasteiger partial charge in [-0.2, -0.15) is 5.10 Å². The molecule has 1 atom stereocenters. The van der Waals surface area contributed by atoms with Crippen LogP contribution >= 0.6 is 27.3 Å². The fourth-order valence-corrected chi connectivity index (χ4v) is 3.68. The lowest BCUT2D eigenvalue weighted by atomic mass is 9.92. The van der Waals surface area contributed by atoms with Crippen LogP contribution in [0.5, 0.6) is 0 Å². The summed E-state index contributed by atoms with van der Waals surface area (Å²) in [5.41, 5.74) is 1.66. The molecule has 3 rings (SSSR count). The van der Waals surface area contributed by atoms with Crippen LogP contribution in [-0.2, 0) is 12.8 Å². The van der Waals surface area contributed by atoms with Gasteiger partial charge < -0.3 is 5.32 Å². The van der Waals surface area contributed by atoms with E-state index in [4.69, 9.17) is 0 Å². The summed E-state index contributed by atoms with van der Waals surface area (Å²) in [7, 11) is 0. The van der Waals surface area contributed by atoms with Crippen LogP contribution in [0.1, 0.15) is 27.3 Å². The summed E-state index contributed by atoms with van der Waals surface area (Å²) >= 11 is 4.75. The molecular formula is C13H12BrN3O2S. The van der Waals surface area contributed by atoms with Gasteiger partial charge in [-0.3, -0.25) is 9.59 Å². The number of aromatic amines is 1. The summed E-state index contributed by atoms with van der Waals surface area (Å²) in [4.78, 5) is 24.1. The number of fused-ring (bicyclic) bond motifs is 1. The van der Waals surface area contributed by atoms with E-state index in [1.807, 2.05) is 11.4 Å². The summed E-state index contributed by atoms with van der Waals surface area (Å²) < 4.78 is 0.914. The summed E-state index contributed by atoms with van der Waals surface area (Å²) in [6, 6.07) is 3.44. The maximum Gasteiger partial charge on any atom is 0.264 e. The lowest BCUT2D eigenvalue weighted by Crippen LogP contribution is -2.39. The molecule has 2 heterocycles. The summed E-state index contributed by atoms with van der Waals surface area (Å²) in [5, 5.41) is 11.4. The van der Waals surface area contributed by atoms with Crippen molar-refractivity contribution in [2.45, 2.75) is 25.3 Å². The molecule has 2 N–H and O–H groups in total. The minimum Gasteiger partial charge on any atom is -0.348 e. The molecule has 1 aliphatic rings. The molecule has 0 aromatic carbocycles. The lowest BCUT2D eigenvalue weighted by molar-refractivity contribution is 0.0937. The van der Waals surface area contributed by atoms with Gasteiger partial charge in [-0.05, 0) is 46.8 Å². The first-order valence-electron chi connectivity index (χ1n) is 6.24. The molecule has 0 saturated heterocycles. The normalized spacial score (nSPS) is 17.6. The van der Waals surface area contributed by atoms with Crippen LogP contribution in [0, 0.1) is 0 Å². The Balaban J connectivity index is 1.71. The Morgan fingerprint density at radius 2 is 2.35 bits per heavy atom. The van der Waals surface area contributed by atoms with Crippen molar-refractivity contribution in [2.24, 2.45) is 0 Å². The zero-order valence-electron chi connectivity index (χ0n) is 10.5. The number of hydrogen-bond acceptors (Lipinski definition) is 4. The monoisotopic (exact) mass is 353 g/mol. The topological polar surface area (TPSA) is 74.8 Å². The summed E-state index contributed by atoms with van der Waals surface area (Å²) in [6.45, 7) is 0. The zero-order chi connectivity index (χ0) is 14.1. The molecule has 20 heavy (non-hydrogen) atoms. The smallest absolute Gasteiger partial charge is 0.264 e. The van der Waals surface area contributed by atoms with Gasteiger partial charge in [0.05, 0.1) is 10.6 Å². The van der Waals surface area contributed by atoms with Crippen LogP contribution in [-0.4, -0.2) is 22.1 Å². The van der Waals surface area contributed by atoms with Crippen molar-refractivity contribution < 1.29 is 4.79 Å². The van der Waals surface area contributed by atoms with Gasteiger partial charge in [0.25, 0.3) is 11.5 Å². The van der Waals surface area contributed by atoms with Crippen molar-refractivity contribution in [3.8, 4) is 0 Å². The van der Waals surface area contributed by atoms with E-state index in [1.54, 1.807) is 6.07 Å². The molecule has 0 bridgehead atoms. The van der Waals surface area contributed by atoms with E-state index in [1.165, 1.54) is 11.3 Å². The molecule has 104 valence electrons. The number of rotatable bonds is 2. The van der Waals surface area contributed by atoms with Gasteiger partial charge in [-0.15, -0.1) is 11.3 Å². The molecule has 2 aromatic rings. The number of amides is 1. The maximum absolute atomic E-state index is 12.1. The van der Waals surface area contributed by atoms with E-state index in [0.717, 1.165) is 28.6 Å². The Bertz CT molecular complexity index is 710. The number of H-pyrrole nitrogens is 1. The highest BCUT2D eigenvalue weighted by molar-refractivity contribution is 9.10. The first-order valence-corrected chi connectivity index (χ1v) is 7.91. The third-order valence-corrected chi connectivity index (χ3v) is 4.99. The van der Waals surface area contributed by atoms with E-state index >= 15 is 0 Å². The van der Waals surface area contributed by atoms with Gasteiger partial charge in [-0.1, -0.05) is 0 Å². The molecular weight excluding hydrogens is 342 g/mol. The number of aryl methyl sites for hydroxylation is 1. The highest BCUT2D eigenvalue weighted by Gasteiger charge is 2.22. The fourth-order valence-electron chi connectivity index (χ4n) is 2.35. The van der Waals surface area contributed by atoms with E-state index in [-0.39, 0.29) is 17.5 Å². The molecule has 0 aliphatic heterocycles. The highest BCUT2D eigenvalue weighted by atomic mass is 79.9. The van der Waals surface area contributed by atoms with Crippen molar-refractivity contribution in [3.05, 3.63) is 48.5 Å². The van der Waals surface area contributed by atoms with Gasteiger partial charge in [0, 0.05) is 22.0 Å². The van der Waals surface area contributed by atoms with Crippen LogP contribution < -0.4 is 10.9 Å². The van der Waals surface area contributed by atoms with Crippen LogP contribution in [0.15, 0.2) is 26.8 Å². The first-order chi connectivity index (χ1) is 9.61. The molecule has 0 fully saturated rings. The number of carbonyl (C=O) groups excluding carboxylic acids is 1. The second-order valence-corrected chi connectivity index (χ2v) is 6.57. The average Bonchev–Trinajstić information content (AvgIpc) is 2.85. The zero-order valence-corrected chi connectivity index (χ0v) is 12.9. The van der Waals surface area contributed by atoms with Crippen LogP contribution in [0.3, 0.4) is 0 Å². The van der Waals surface area contributed by atoms with Crippen molar-refractivity contribution in [3.63, 3.8) is 0 Å². The van der Waals surface area contributed by atoms with Gasteiger partial charge in [0.1, 0.15) is 0 Å². The maximum atomic E-state index is 12.1. The average molecular weight is 354 g/mol. The van der Waals surface area contributed by atoms with Gasteiger partial charge in [0.2, 0.25) is 0 Å². The fraction of sp³-hybridized carbons (Fsp3) is 0.308. The number of carbonyl (C=O) groups is 1. The predicted octanol–water partition coefficient (Wildman–Crippen LogP) is 1.88. The Morgan fingerprint density at radius 1 is 1.50 bits per heavy atom. The SMILES string of the molecule is O=C(N[C@@H]1CCc2n[nH]c(=O)cc2C1)c1cc(Br)cs1. The molecule has 2 aromatic heterocycles. The molecule has 0 spiro atoms. The third kappa shape index (κ3) is 2.83. The van der Waals surface area contributed by atoms with Crippen molar-refractivity contribution in [1.29, 1.82) is 0 Å². The minimum atomic E-state index is -0.196. The number of nitrogens with zero attached hydrogens (tertiary/aromatic N) is 1. The Hall–Kier alpha value is -1.47. The first kappa shape index (κ1) is 13.5. The minimum absolute atomic E-state index is 0.0551. The lowest BCUT2D eigenvalue weighted by Gasteiger charge is -2.24. The molecule has 0 radical (unpaired) electrons. The number of thiophene rings is 1. The molecule has 5 nitrogen and oxygen atoms in total. The molecule has 1 amide bonds. The van der Waals surface area contributed by atoms with Gasteiger partial charge >= 0.3 is 0 Å². The highest BCUT2D eigenvalue weighted by Crippen LogP contribution is 2.21. The van der Waals surface area contributed by atoms with Crippen molar-refractivity contribution in [2.75, 3.05) is 0 Å². The number of halogens is 1. The summed E-state index contributed by atoms with van der Waals surface area (Å²) in [6.07, 6.45) is 2.26. The molecule has 0 saturated carbocycles. The Labute approximate surface area is 127 Å². The molecule has 1 aliphatic carbocycles. The second kappa shape index (κ2) is 5.49. The third-order valence-electron chi connectivity index (χ3n) is 3.30. The van der Waals surface area contributed by atoms with E-state index in [9.17, 15) is 9.59 Å². The Morgan fingerprint density at radius 3 is 3.10 bits per heavy atom. The number of aromatic nitrogens is 2.